The van der Waals surface area contributed by atoms with Gasteiger partial charge in [-0.2, -0.15) is 5.26 Å². The molecule has 0 atom stereocenters. The minimum Gasteiger partial charge on any atom is -0.453 e. The molecule has 0 aliphatic rings. The molecule has 1 aromatic carbocycles. The first-order valence-electron chi connectivity index (χ1n) is 7.71. The Bertz CT molecular complexity index is 801. The van der Waals surface area contributed by atoms with Crippen LogP contribution in [0.5, 0.6) is 0 Å². The van der Waals surface area contributed by atoms with Gasteiger partial charge in [-0.3, -0.25) is 5.32 Å². The third-order valence-electron chi connectivity index (χ3n) is 3.21. The Morgan fingerprint density at radius 3 is 2.46 bits per heavy atom. The maximum atomic E-state index is 11.8. The smallest absolute Gasteiger partial charge is 0.411 e. The summed E-state index contributed by atoms with van der Waals surface area (Å²) in [5, 5.41) is 19.8. The number of nitriles is 1. The predicted molar refractivity (Wildman–Crippen MR) is 96.9 cm³/mol. The Hall–Kier alpha value is -3.80. The van der Waals surface area contributed by atoms with E-state index in [9.17, 15) is 9.59 Å². The van der Waals surface area contributed by atoms with Crippen LogP contribution in [0.1, 0.15) is 5.56 Å². The molecule has 0 spiro atoms. The van der Waals surface area contributed by atoms with Crippen LogP contribution in [0.25, 0.3) is 0 Å². The largest absolute Gasteiger partial charge is 0.453 e. The van der Waals surface area contributed by atoms with Gasteiger partial charge in [0.1, 0.15) is 11.9 Å². The third-order valence-corrected chi connectivity index (χ3v) is 3.21. The molecule has 9 heteroatoms. The number of ether oxygens (including phenoxy) is 1. The van der Waals surface area contributed by atoms with Crippen LogP contribution in [0.15, 0.2) is 42.6 Å². The average Bonchev–Trinajstić information content (AvgIpc) is 2.67. The van der Waals surface area contributed by atoms with Crippen LogP contribution in [0.2, 0.25) is 0 Å². The molecule has 1 heterocycles. The number of amides is 3. The summed E-state index contributed by atoms with van der Waals surface area (Å²) in [6.07, 6.45) is 1.02. The fraction of sp³-hybridized carbons (Fsp3) is 0.176. The van der Waals surface area contributed by atoms with Crippen molar-refractivity contribution in [3.63, 3.8) is 0 Å². The van der Waals surface area contributed by atoms with E-state index in [0.29, 0.717) is 35.8 Å². The highest BCUT2D eigenvalue weighted by Crippen LogP contribution is 2.13. The van der Waals surface area contributed by atoms with Gasteiger partial charge in [0.2, 0.25) is 0 Å². The molecule has 3 amide bonds. The van der Waals surface area contributed by atoms with Crippen LogP contribution in [0.3, 0.4) is 0 Å². The van der Waals surface area contributed by atoms with E-state index in [-0.39, 0.29) is 6.03 Å². The molecule has 2 rings (SSSR count). The van der Waals surface area contributed by atoms with Crippen molar-refractivity contribution in [2.45, 2.75) is 0 Å². The fourth-order valence-electron chi connectivity index (χ4n) is 1.97. The first-order valence-corrected chi connectivity index (χ1v) is 7.71. The van der Waals surface area contributed by atoms with Crippen molar-refractivity contribution in [2.24, 2.45) is 0 Å². The number of nitrogens with one attached hydrogen (secondary N) is 4. The van der Waals surface area contributed by atoms with E-state index in [1.54, 1.807) is 42.6 Å². The maximum Gasteiger partial charge on any atom is 0.411 e. The zero-order chi connectivity index (χ0) is 18.8. The van der Waals surface area contributed by atoms with Crippen LogP contribution < -0.4 is 21.3 Å². The molecule has 0 unspecified atom stereocenters. The van der Waals surface area contributed by atoms with E-state index in [1.165, 1.54) is 7.11 Å². The second-order valence-electron chi connectivity index (χ2n) is 5.01. The Labute approximate surface area is 150 Å². The lowest BCUT2D eigenvalue weighted by Gasteiger charge is -2.10. The van der Waals surface area contributed by atoms with E-state index >= 15 is 0 Å². The van der Waals surface area contributed by atoms with E-state index < -0.39 is 6.09 Å². The van der Waals surface area contributed by atoms with Gasteiger partial charge in [0.25, 0.3) is 0 Å². The monoisotopic (exact) mass is 354 g/mol. The summed E-state index contributed by atoms with van der Waals surface area (Å²) in [7, 11) is 1.28. The number of methoxy groups -OCH3 is 1. The lowest BCUT2D eigenvalue weighted by atomic mass is 10.3. The third kappa shape index (κ3) is 5.68. The van der Waals surface area contributed by atoms with Crippen molar-refractivity contribution in [1.29, 1.82) is 5.26 Å². The van der Waals surface area contributed by atoms with Crippen molar-refractivity contribution >= 4 is 29.3 Å². The topological polar surface area (TPSA) is 128 Å². The number of aromatic nitrogens is 1. The first-order chi connectivity index (χ1) is 12.6. The van der Waals surface area contributed by atoms with Gasteiger partial charge in [0.05, 0.1) is 12.7 Å². The molecular formula is C17H18N6O3. The second-order valence-corrected chi connectivity index (χ2v) is 5.01. The summed E-state index contributed by atoms with van der Waals surface area (Å²) < 4.78 is 4.49. The number of hydrogen-bond donors (Lipinski definition) is 4. The molecule has 26 heavy (non-hydrogen) atoms. The molecular weight excluding hydrogens is 336 g/mol. The number of urea groups is 1. The molecule has 1 aromatic heterocycles. The molecule has 0 radical (unpaired) electrons. The zero-order valence-corrected chi connectivity index (χ0v) is 14.1. The summed E-state index contributed by atoms with van der Waals surface area (Å²) in [4.78, 5) is 27.0. The van der Waals surface area contributed by atoms with Crippen molar-refractivity contribution < 1.29 is 14.3 Å². The molecule has 4 N–H and O–H groups in total. The molecule has 0 saturated carbocycles. The standard InChI is InChI=1S/C17H18N6O3/c1-26-17(25)23-14-6-4-13(5-7-14)22-16(24)21-10-9-20-15-12(11-18)3-2-8-19-15/h2-8H,9-10H2,1H3,(H,19,20)(H,23,25)(H2,21,22,24). The van der Waals surface area contributed by atoms with Gasteiger partial charge in [-0.05, 0) is 36.4 Å². The highest BCUT2D eigenvalue weighted by atomic mass is 16.5. The number of benzene rings is 1. The minimum atomic E-state index is -0.566. The number of rotatable bonds is 6. The van der Waals surface area contributed by atoms with Crippen molar-refractivity contribution in [2.75, 3.05) is 36.1 Å². The van der Waals surface area contributed by atoms with Crippen LogP contribution in [-0.2, 0) is 4.74 Å². The molecule has 0 aliphatic carbocycles. The van der Waals surface area contributed by atoms with Crippen LogP contribution >= 0.6 is 0 Å². The second kappa shape index (κ2) is 9.48. The van der Waals surface area contributed by atoms with Gasteiger partial charge in [-0.1, -0.05) is 0 Å². The Morgan fingerprint density at radius 2 is 1.81 bits per heavy atom. The Morgan fingerprint density at radius 1 is 1.12 bits per heavy atom. The summed E-state index contributed by atoms with van der Waals surface area (Å²) in [6, 6.07) is 11.6. The molecule has 0 saturated heterocycles. The summed E-state index contributed by atoms with van der Waals surface area (Å²) in [6.45, 7) is 0.760. The van der Waals surface area contributed by atoms with Crippen LogP contribution in [-0.4, -0.2) is 37.3 Å². The summed E-state index contributed by atoms with van der Waals surface area (Å²) in [5.41, 5.74) is 1.57. The number of nitrogens with zero attached hydrogens (tertiary/aromatic N) is 2. The lowest BCUT2D eigenvalue weighted by Crippen LogP contribution is -2.32. The zero-order valence-electron chi connectivity index (χ0n) is 14.1. The molecule has 0 bridgehead atoms. The number of anilines is 3. The van der Waals surface area contributed by atoms with E-state index in [2.05, 4.69) is 31.0 Å². The lowest BCUT2D eigenvalue weighted by molar-refractivity contribution is 0.187. The van der Waals surface area contributed by atoms with E-state index in [1.807, 2.05) is 6.07 Å². The number of hydrogen-bond acceptors (Lipinski definition) is 6. The fourth-order valence-corrected chi connectivity index (χ4v) is 1.97. The summed E-state index contributed by atoms with van der Waals surface area (Å²) in [5.74, 6) is 0.478. The number of carbonyl (C=O) groups is 2. The normalized spacial score (nSPS) is 9.54. The van der Waals surface area contributed by atoms with Crippen molar-refractivity contribution in [1.82, 2.24) is 10.3 Å². The predicted octanol–water partition coefficient (Wildman–Crippen LogP) is 2.37. The summed E-state index contributed by atoms with van der Waals surface area (Å²) >= 11 is 0. The SMILES string of the molecule is COC(=O)Nc1ccc(NC(=O)NCCNc2ncccc2C#N)cc1. The van der Waals surface area contributed by atoms with Gasteiger partial charge in [-0.15, -0.1) is 0 Å². The van der Waals surface area contributed by atoms with E-state index in [4.69, 9.17) is 5.26 Å². The highest BCUT2D eigenvalue weighted by Gasteiger charge is 2.04. The molecule has 9 nitrogen and oxygen atoms in total. The van der Waals surface area contributed by atoms with E-state index in [0.717, 1.165) is 0 Å². The highest BCUT2D eigenvalue weighted by molar-refractivity contribution is 5.90. The van der Waals surface area contributed by atoms with Gasteiger partial charge < -0.3 is 20.7 Å². The molecule has 0 fully saturated rings. The molecule has 2 aromatic rings. The minimum absolute atomic E-state index is 0.343. The van der Waals surface area contributed by atoms with Gasteiger partial charge >= 0.3 is 12.1 Å². The van der Waals surface area contributed by atoms with Crippen LogP contribution in [0.4, 0.5) is 26.8 Å². The van der Waals surface area contributed by atoms with Gasteiger partial charge in [-0.25, -0.2) is 14.6 Å². The van der Waals surface area contributed by atoms with Gasteiger partial charge in [0.15, 0.2) is 0 Å². The van der Waals surface area contributed by atoms with Crippen LogP contribution in [0, 0.1) is 11.3 Å². The number of carbonyl (C=O) groups excluding carboxylic acids is 2. The molecule has 0 aliphatic heterocycles. The first kappa shape index (κ1) is 18.5. The van der Waals surface area contributed by atoms with Gasteiger partial charge in [0, 0.05) is 30.7 Å². The Balaban J connectivity index is 1.73. The number of pyridine rings is 1. The Kier molecular flexibility index (Phi) is 6.76. The molecule has 134 valence electrons. The maximum absolute atomic E-state index is 11.8. The van der Waals surface area contributed by atoms with Crippen molar-refractivity contribution in [3.8, 4) is 6.07 Å². The quantitative estimate of drug-likeness (QED) is 0.590. The van der Waals surface area contributed by atoms with Crippen molar-refractivity contribution in [3.05, 3.63) is 48.2 Å². The average molecular weight is 354 g/mol.